The Kier molecular flexibility index (Phi) is 5.06. The van der Waals surface area contributed by atoms with E-state index in [1.807, 2.05) is 18.7 Å². The van der Waals surface area contributed by atoms with E-state index in [1.54, 1.807) is 18.2 Å². The first kappa shape index (κ1) is 16.7. The maximum Gasteiger partial charge on any atom is 0.320 e. The summed E-state index contributed by atoms with van der Waals surface area (Å²) in [5.74, 6) is -0.189. The SMILES string of the molecule is CCCN(C(=O)c1cccc[n+]1[O-])[C@@H]1C[C@H](OCC)C1(C)C. The summed E-state index contributed by atoms with van der Waals surface area (Å²) in [4.78, 5) is 14.7. The zero-order valence-electron chi connectivity index (χ0n) is 13.9. The van der Waals surface area contributed by atoms with Crippen LogP contribution >= 0.6 is 0 Å². The molecule has 2 atom stereocenters. The van der Waals surface area contributed by atoms with Crippen molar-refractivity contribution >= 4 is 5.91 Å². The second kappa shape index (κ2) is 6.65. The first-order chi connectivity index (χ1) is 10.4. The molecule has 1 saturated carbocycles. The van der Waals surface area contributed by atoms with E-state index in [0.29, 0.717) is 17.9 Å². The summed E-state index contributed by atoms with van der Waals surface area (Å²) in [6, 6.07) is 5.05. The Balaban J connectivity index is 2.21. The van der Waals surface area contributed by atoms with E-state index in [0.717, 1.165) is 12.8 Å². The molecule has 0 aromatic carbocycles. The highest BCUT2D eigenvalue weighted by Gasteiger charge is 2.53. The number of carbonyl (C=O) groups is 1. The molecule has 2 rings (SSSR count). The van der Waals surface area contributed by atoms with Gasteiger partial charge in [0.05, 0.1) is 6.10 Å². The fourth-order valence-corrected chi connectivity index (χ4v) is 3.26. The van der Waals surface area contributed by atoms with Gasteiger partial charge in [-0.25, -0.2) is 0 Å². The summed E-state index contributed by atoms with van der Waals surface area (Å²) in [5, 5.41) is 11.9. The normalized spacial score (nSPS) is 22.9. The number of ether oxygens (including phenoxy) is 1. The van der Waals surface area contributed by atoms with Gasteiger partial charge >= 0.3 is 5.91 Å². The van der Waals surface area contributed by atoms with Crippen LogP contribution in [0.5, 0.6) is 0 Å². The number of pyridine rings is 1. The molecule has 5 heteroatoms. The highest BCUT2D eigenvalue weighted by Crippen LogP contribution is 2.46. The molecule has 0 radical (unpaired) electrons. The minimum atomic E-state index is -0.189. The smallest absolute Gasteiger partial charge is 0.320 e. The lowest BCUT2D eigenvalue weighted by Gasteiger charge is -2.55. The zero-order valence-corrected chi connectivity index (χ0v) is 13.9. The number of amides is 1. The van der Waals surface area contributed by atoms with Gasteiger partial charge in [0.25, 0.3) is 5.69 Å². The molecule has 0 saturated heterocycles. The molecule has 0 unspecified atom stereocenters. The fourth-order valence-electron chi connectivity index (χ4n) is 3.26. The molecule has 1 amide bonds. The Morgan fingerprint density at radius 2 is 2.18 bits per heavy atom. The van der Waals surface area contributed by atoms with E-state index >= 15 is 0 Å². The Bertz CT molecular complexity index is 530. The highest BCUT2D eigenvalue weighted by molar-refractivity contribution is 5.91. The molecule has 1 fully saturated rings. The molecule has 1 aromatic rings. The van der Waals surface area contributed by atoms with E-state index in [1.165, 1.54) is 6.20 Å². The third-order valence-corrected chi connectivity index (χ3v) is 4.64. The van der Waals surface area contributed by atoms with Gasteiger partial charge in [0.1, 0.15) is 0 Å². The summed E-state index contributed by atoms with van der Waals surface area (Å²) < 4.78 is 6.41. The van der Waals surface area contributed by atoms with Gasteiger partial charge in [0.2, 0.25) is 0 Å². The van der Waals surface area contributed by atoms with Crippen LogP contribution in [0.2, 0.25) is 0 Å². The molecule has 1 aliphatic rings. The first-order valence-corrected chi connectivity index (χ1v) is 8.04. The van der Waals surface area contributed by atoms with Crippen molar-refractivity contribution in [2.24, 2.45) is 5.41 Å². The largest absolute Gasteiger partial charge is 0.618 e. The second-order valence-electron chi connectivity index (χ2n) is 6.43. The van der Waals surface area contributed by atoms with Crippen LogP contribution in [0.1, 0.15) is 51.0 Å². The van der Waals surface area contributed by atoms with Gasteiger partial charge in [-0.2, -0.15) is 4.73 Å². The monoisotopic (exact) mass is 306 g/mol. The van der Waals surface area contributed by atoms with Gasteiger partial charge in [-0.15, -0.1) is 0 Å². The third kappa shape index (κ3) is 2.95. The molecule has 0 spiro atoms. The molecule has 0 bridgehead atoms. The average molecular weight is 306 g/mol. The van der Waals surface area contributed by atoms with Gasteiger partial charge in [0.15, 0.2) is 6.20 Å². The van der Waals surface area contributed by atoms with Crippen LogP contribution in [0.4, 0.5) is 0 Å². The van der Waals surface area contributed by atoms with Crippen LogP contribution < -0.4 is 4.73 Å². The van der Waals surface area contributed by atoms with Gasteiger partial charge in [-0.05, 0) is 25.8 Å². The van der Waals surface area contributed by atoms with Gasteiger partial charge < -0.3 is 14.8 Å². The Morgan fingerprint density at radius 1 is 1.45 bits per heavy atom. The first-order valence-electron chi connectivity index (χ1n) is 8.04. The quantitative estimate of drug-likeness (QED) is 0.599. The molecular formula is C17H26N2O3. The molecule has 1 aliphatic carbocycles. The minimum Gasteiger partial charge on any atom is -0.618 e. The van der Waals surface area contributed by atoms with Crippen molar-refractivity contribution in [3.05, 3.63) is 35.3 Å². The van der Waals surface area contributed by atoms with Crippen LogP contribution in [0, 0.1) is 10.6 Å². The second-order valence-corrected chi connectivity index (χ2v) is 6.43. The van der Waals surface area contributed by atoms with Crippen molar-refractivity contribution in [2.75, 3.05) is 13.2 Å². The predicted octanol–water partition coefficient (Wildman–Crippen LogP) is 2.38. The van der Waals surface area contributed by atoms with E-state index in [-0.39, 0.29) is 29.2 Å². The van der Waals surface area contributed by atoms with Crippen LogP contribution in [-0.4, -0.2) is 36.1 Å². The summed E-state index contributed by atoms with van der Waals surface area (Å²) >= 11 is 0. The standard InChI is InChI=1S/C17H26N2O3/c1-5-10-18(14-12-15(22-6-2)17(14,3)4)16(20)13-9-7-8-11-19(13)21/h7-9,11,14-15H,5-6,10,12H2,1-4H3/t14-,15+/m1/s1. The van der Waals surface area contributed by atoms with Crippen molar-refractivity contribution in [1.29, 1.82) is 0 Å². The predicted molar refractivity (Wildman–Crippen MR) is 84.3 cm³/mol. The molecule has 5 nitrogen and oxygen atoms in total. The summed E-state index contributed by atoms with van der Waals surface area (Å²) in [6.07, 6.45) is 3.23. The lowest BCUT2D eigenvalue weighted by molar-refractivity contribution is -0.608. The Labute approximate surface area is 132 Å². The number of rotatable bonds is 6. The van der Waals surface area contributed by atoms with E-state index in [4.69, 9.17) is 4.74 Å². The van der Waals surface area contributed by atoms with Crippen LogP contribution in [-0.2, 0) is 4.74 Å². The molecular weight excluding hydrogens is 280 g/mol. The van der Waals surface area contributed by atoms with E-state index in [9.17, 15) is 10.0 Å². The van der Waals surface area contributed by atoms with Crippen molar-refractivity contribution in [3.63, 3.8) is 0 Å². The van der Waals surface area contributed by atoms with Crippen molar-refractivity contribution in [2.45, 2.75) is 52.7 Å². The van der Waals surface area contributed by atoms with Gasteiger partial charge in [-0.3, -0.25) is 4.79 Å². The number of carbonyl (C=O) groups excluding carboxylic acids is 1. The molecule has 122 valence electrons. The maximum atomic E-state index is 12.8. The minimum absolute atomic E-state index is 0.0939. The van der Waals surface area contributed by atoms with E-state index < -0.39 is 0 Å². The number of nitrogens with zero attached hydrogens (tertiary/aromatic N) is 2. The zero-order chi connectivity index (χ0) is 16.3. The van der Waals surface area contributed by atoms with Crippen molar-refractivity contribution in [1.82, 2.24) is 4.90 Å². The topological polar surface area (TPSA) is 56.5 Å². The summed E-state index contributed by atoms with van der Waals surface area (Å²) in [6.45, 7) is 9.63. The molecule has 1 heterocycles. The molecule has 1 aromatic heterocycles. The third-order valence-electron chi connectivity index (χ3n) is 4.64. The lowest BCUT2D eigenvalue weighted by Crippen LogP contribution is -2.64. The lowest BCUT2D eigenvalue weighted by atomic mass is 9.63. The van der Waals surface area contributed by atoms with Crippen LogP contribution in [0.25, 0.3) is 0 Å². The Morgan fingerprint density at radius 3 is 2.73 bits per heavy atom. The van der Waals surface area contributed by atoms with Crippen LogP contribution in [0.3, 0.4) is 0 Å². The van der Waals surface area contributed by atoms with Crippen molar-refractivity contribution < 1.29 is 14.3 Å². The average Bonchev–Trinajstić information content (AvgIpc) is 2.49. The fraction of sp³-hybridized carbons (Fsp3) is 0.647. The van der Waals surface area contributed by atoms with Crippen molar-refractivity contribution in [3.8, 4) is 0 Å². The number of hydrogen-bond donors (Lipinski definition) is 0. The summed E-state index contributed by atoms with van der Waals surface area (Å²) in [5.41, 5.74) is 0.0928. The number of hydrogen-bond acceptors (Lipinski definition) is 3. The Hall–Kier alpha value is -1.62. The van der Waals surface area contributed by atoms with Gasteiger partial charge in [0, 0.05) is 36.7 Å². The molecule has 0 N–H and O–H groups in total. The molecule has 0 aliphatic heterocycles. The molecule has 22 heavy (non-hydrogen) atoms. The maximum absolute atomic E-state index is 12.8. The van der Waals surface area contributed by atoms with Gasteiger partial charge in [-0.1, -0.05) is 20.8 Å². The van der Waals surface area contributed by atoms with Crippen LogP contribution in [0.15, 0.2) is 24.4 Å². The highest BCUT2D eigenvalue weighted by atomic mass is 16.5. The van der Waals surface area contributed by atoms with E-state index in [2.05, 4.69) is 13.8 Å². The number of aromatic nitrogens is 1. The summed E-state index contributed by atoms with van der Waals surface area (Å²) in [7, 11) is 0.